The van der Waals surface area contributed by atoms with Gasteiger partial charge in [0, 0.05) is 18.1 Å². The fraction of sp³-hybridized carbons (Fsp3) is 0.583. The third-order valence-corrected chi connectivity index (χ3v) is 2.95. The van der Waals surface area contributed by atoms with Gasteiger partial charge in [-0.3, -0.25) is 0 Å². The van der Waals surface area contributed by atoms with Crippen LogP contribution in [0, 0.1) is 0 Å². The monoisotopic (exact) mass is 313 g/mol. The Morgan fingerprint density at radius 2 is 1.85 bits per heavy atom. The smallest absolute Gasteiger partial charge is 0.485 e. The average Bonchev–Trinajstić information content (AvgIpc) is 2.35. The number of aromatic nitrogens is 1. The van der Waals surface area contributed by atoms with Gasteiger partial charge in [-0.25, -0.2) is 13.0 Å². The van der Waals surface area contributed by atoms with E-state index in [2.05, 4.69) is 42.9 Å². The molecule has 0 unspecified atom stereocenters. The number of pyridine rings is 1. The standard InChI is InChI=1S/C11H18N.CHF3O3S/c1-3-5-8-12-9-6-7-11(4-2)10-12;2-1(3,4)8(5,6)7/h6-7,9-10H,3-5,8H2,1-2H3;(H,5,6,7)/q+1;/p-1. The summed E-state index contributed by atoms with van der Waals surface area (Å²) in [5.74, 6) is 0. The summed E-state index contributed by atoms with van der Waals surface area (Å²) in [4.78, 5) is 0. The SMILES string of the molecule is CCCC[n+]1cccc(CC)c1.O=S(=O)([O-])C(F)(F)F. The third kappa shape index (κ3) is 7.44. The molecule has 8 heteroatoms. The van der Waals surface area contributed by atoms with Crippen LogP contribution >= 0.6 is 0 Å². The molecule has 0 atom stereocenters. The van der Waals surface area contributed by atoms with Gasteiger partial charge in [0.2, 0.25) is 0 Å². The summed E-state index contributed by atoms with van der Waals surface area (Å²) in [6, 6.07) is 4.32. The Hall–Kier alpha value is -1.15. The van der Waals surface area contributed by atoms with Crippen molar-refractivity contribution in [2.75, 3.05) is 0 Å². The maximum Gasteiger partial charge on any atom is 0.485 e. The van der Waals surface area contributed by atoms with E-state index in [9.17, 15) is 13.2 Å². The highest BCUT2D eigenvalue weighted by Crippen LogP contribution is 2.20. The van der Waals surface area contributed by atoms with Crippen LogP contribution in [-0.2, 0) is 23.1 Å². The van der Waals surface area contributed by atoms with Crippen molar-refractivity contribution in [1.29, 1.82) is 0 Å². The maximum atomic E-state index is 10.7. The van der Waals surface area contributed by atoms with Gasteiger partial charge < -0.3 is 4.55 Å². The molecule has 4 nitrogen and oxygen atoms in total. The average molecular weight is 313 g/mol. The summed E-state index contributed by atoms with van der Waals surface area (Å²) in [6.07, 6.45) is 8.07. The molecule has 0 spiro atoms. The van der Waals surface area contributed by atoms with Crippen LogP contribution in [-0.4, -0.2) is 18.5 Å². The molecule has 0 saturated carbocycles. The van der Waals surface area contributed by atoms with Crippen molar-refractivity contribution in [2.45, 2.75) is 45.2 Å². The number of hydrogen-bond acceptors (Lipinski definition) is 3. The van der Waals surface area contributed by atoms with Gasteiger partial charge >= 0.3 is 5.51 Å². The maximum absolute atomic E-state index is 10.7. The van der Waals surface area contributed by atoms with E-state index < -0.39 is 15.6 Å². The molecule has 1 aromatic heterocycles. The van der Waals surface area contributed by atoms with Crippen LogP contribution in [0.1, 0.15) is 32.3 Å². The summed E-state index contributed by atoms with van der Waals surface area (Å²) >= 11 is 0. The predicted molar refractivity (Wildman–Crippen MR) is 66.7 cm³/mol. The number of unbranched alkanes of at least 4 members (excludes halogenated alkanes) is 1. The molecular weight excluding hydrogens is 295 g/mol. The fourth-order valence-electron chi connectivity index (χ4n) is 1.27. The molecule has 0 aliphatic heterocycles. The molecule has 20 heavy (non-hydrogen) atoms. The van der Waals surface area contributed by atoms with Crippen LogP contribution in [0.5, 0.6) is 0 Å². The Morgan fingerprint density at radius 3 is 2.25 bits per heavy atom. The Morgan fingerprint density at radius 1 is 1.30 bits per heavy atom. The molecule has 116 valence electrons. The van der Waals surface area contributed by atoms with E-state index in [1.54, 1.807) is 0 Å². The van der Waals surface area contributed by atoms with E-state index in [0.717, 1.165) is 13.0 Å². The largest absolute Gasteiger partial charge is 0.741 e. The van der Waals surface area contributed by atoms with E-state index in [0.29, 0.717) is 0 Å². The molecule has 0 amide bonds. The first-order valence-corrected chi connectivity index (χ1v) is 7.52. The van der Waals surface area contributed by atoms with Gasteiger partial charge in [-0.1, -0.05) is 20.3 Å². The lowest BCUT2D eigenvalue weighted by Gasteiger charge is -2.08. The molecular formula is C12H18F3NO3S. The summed E-state index contributed by atoms with van der Waals surface area (Å²) < 4.78 is 61.2. The minimum absolute atomic E-state index is 1.13. The van der Waals surface area contributed by atoms with Gasteiger partial charge in [-0.05, 0) is 12.5 Å². The van der Waals surface area contributed by atoms with Crippen LogP contribution in [0.25, 0.3) is 0 Å². The van der Waals surface area contributed by atoms with Crippen molar-refractivity contribution in [3.8, 4) is 0 Å². The zero-order chi connectivity index (χ0) is 15.8. The second kappa shape index (κ2) is 8.21. The first kappa shape index (κ1) is 18.9. The quantitative estimate of drug-likeness (QED) is 0.487. The van der Waals surface area contributed by atoms with Crippen molar-refractivity contribution < 1.29 is 30.7 Å². The second-order valence-electron chi connectivity index (χ2n) is 4.06. The third-order valence-electron chi connectivity index (χ3n) is 2.38. The zero-order valence-corrected chi connectivity index (χ0v) is 12.2. The molecule has 1 heterocycles. The molecule has 1 aromatic rings. The molecule has 0 fully saturated rings. The number of aryl methyl sites for hydroxylation is 2. The van der Waals surface area contributed by atoms with E-state index in [-0.39, 0.29) is 0 Å². The zero-order valence-electron chi connectivity index (χ0n) is 11.4. The number of rotatable bonds is 4. The van der Waals surface area contributed by atoms with Crippen molar-refractivity contribution in [1.82, 2.24) is 0 Å². The van der Waals surface area contributed by atoms with Gasteiger partial charge in [0.15, 0.2) is 22.5 Å². The lowest BCUT2D eigenvalue weighted by atomic mass is 10.2. The van der Waals surface area contributed by atoms with Gasteiger partial charge in [-0.15, -0.1) is 0 Å². The molecule has 0 bridgehead atoms. The first-order valence-electron chi connectivity index (χ1n) is 6.12. The van der Waals surface area contributed by atoms with E-state index in [1.807, 2.05) is 0 Å². The lowest BCUT2D eigenvalue weighted by molar-refractivity contribution is -0.697. The number of alkyl halides is 3. The number of nitrogens with zero attached hydrogens (tertiary/aromatic N) is 1. The van der Waals surface area contributed by atoms with E-state index >= 15 is 0 Å². The molecule has 0 aliphatic carbocycles. The molecule has 0 radical (unpaired) electrons. The highest BCUT2D eigenvalue weighted by molar-refractivity contribution is 7.86. The van der Waals surface area contributed by atoms with Crippen LogP contribution in [0.15, 0.2) is 24.5 Å². The van der Waals surface area contributed by atoms with Gasteiger partial charge in [-0.2, -0.15) is 13.2 Å². The van der Waals surface area contributed by atoms with Gasteiger partial charge in [0.05, 0.1) is 0 Å². The summed E-state index contributed by atoms with van der Waals surface area (Å²) in [6.45, 7) is 5.58. The molecule has 0 saturated heterocycles. The predicted octanol–water partition coefficient (Wildman–Crippen LogP) is 2.39. The lowest BCUT2D eigenvalue weighted by Crippen LogP contribution is -2.33. The van der Waals surface area contributed by atoms with Crippen LogP contribution < -0.4 is 4.57 Å². The summed E-state index contributed by atoms with van der Waals surface area (Å²) in [7, 11) is -6.09. The molecule has 0 N–H and O–H groups in total. The van der Waals surface area contributed by atoms with Crippen molar-refractivity contribution in [3.63, 3.8) is 0 Å². The Labute approximate surface area is 117 Å². The molecule has 1 rings (SSSR count). The minimum atomic E-state index is -6.09. The number of hydrogen-bond donors (Lipinski definition) is 0. The van der Waals surface area contributed by atoms with Gasteiger partial charge in [0.25, 0.3) is 0 Å². The summed E-state index contributed by atoms with van der Waals surface area (Å²) in [5.41, 5.74) is -4.22. The molecule has 0 aromatic carbocycles. The Kier molecular flexibility index (Phi) is 7.74. The normalized spacial score (nSPS) is 11.7. The number of halogens is 3. The fourth-order valence-corrected chi connectivity index (χ4v) is 1.27. The first-order chi connectivity index (χ1) is 9.11. The van der Waals surface area contributed by atoms with E-state index in [1.165, 1.54) is 18.4 Å². The van der Waals surface area contributed by atoms with E-state index in [4.69, 9.17) is 13.0 Å². The Bertz CT molecular complexity index is 501. The highest BCUT2D eigenvalue weighted by atomic mass is 32.2. The topological polar surface area (TPSA) is 61.1 Å². The van der Waals surface area contributed by atoms with Crippen molar-refractivity contribution in [2.24, 2.45) is 0 Å². The molecule has 0 aliphatic rings. The van der Waals surface area contributed by atoms with Gasteiger partial charge in [0.1, 0.15) is 6.54 Å². The highest BCUT2D eigenvalue weighted by Gasteiger charge is 2.36. The second-order valence-corrected chi connectivity index (χ2v) is 5.43. The van der Waals surface area contributed by atoms with Crippen molar-refractivity contribution >= 4 is 10.1 Å². The Balaban J connectivity index is 0.000000396. The minimum Gasteiger partial charge on any atom is -0.741 e. The summed E-state index contributed by atoms with van der Waals surface area (Å²) in [5, 5.41) is 0. The van der Waals surface area contributed by atoms with Crippen LogP contribution in [0.2, 0.25) is 0 Å². The van der Waals surface area contributed by atoms with Crippen LogP contribution in [0.3, 0.4) is 0 Å². The van der Waals surface area contributed by atoms with Crippen molar-refractivity contribution in [3.05, 3.63) is 30.1 Å². The van der Waals surface area contributed by atoms with Crippen LogP contribution in [0.4, 0.5) is 13.2 Å².